The molecule has 31 heavy (non-hydrogen) atoms. The normalized spacial score (nSPS) is 18.4. The summed E-state index contributed by atoms with van der Waals surface area (Å²) in [5, 5.41) is 11.4. The fraction of sp³-hybridized carbons (Fsp3) is 0.440. The lowest BCUT2D eigenvalue weighted by Gasteiger charge is -2.27. The molecule has 0 spiro atoms. The molecule has 0 aromatic heterocycles. The zero-order valence-electron chi connectivity index (χ0n) is 18.4. The molecule has 6 heteroatoms. The number of rotatable bonds is 8. The highest BCUT2D eigenvalue weighted by molar-refractivity contribution is 6.02. The van der Waals surface area contributed by atoms with E-state index in [2.05, 4.69) is 16.3 Å². The fourth-order valence-corrected chi connectivity index (χ4v) is 4.56. The van der Waals surface area contributed by atoms with Gasteiger partial charge in [0.05, 0.1) is 18.6 Å². The van der Waals surface area contributed by atoms with Crippen LogP contribution in [0.5, 0.6) is 5.75 Å². The minimum atomic E-state index is -0.528. The summed E-state index contributed by atoms with van der Waals surface area (Å²) in [6.45, 7) is 4.66. The standard InChI is InChI=1S/C25H32N4O2/c1-17(26)21-15-19(8-9-22(21)27)25(10-11-25)24(30)28-23(16-29-12-3-4-13-29)18-6-5-7-20(14-18)31-2/h5-9,14-15,23,26H,3-4,10-13,16,27H2,1-2H3,(H,28,30)/t23-/m1/s1. The molecular formula is C25H32N4O2. The summed E-state index contributed by atoms with van der Waals surface area (Å²) in [6, 6.07) is 13.6. The Labute approximate surface area is 184 Å². The first-order valence-electron chi connectivity index (χ1n) is 11.1. The van der Waals surface area contributed by atoms with Gasteiger partial charge in [0.25, 0.3) is 0 Å². The van der Waals surface area contributed by atoms with E-state index in [4.69, 9.17) is 15.9 Å². The molecule has 1 saturated carbocycles. The maximum absolute atomic E-state index is 13.6. The third-order valence-corrected chi connectivity index (χ3v) is 6.64. The van der Waals surface area contributed by atoms with Gasteiger partial charge in [-0.05, 0) is 81.1 Å². The summed E-state index contributed by atoms with van der Waals surface area (Å²) < 4.78 is 5.42. The average molecular weight is 421 g/mol. The van der Waals surface area contributed by atoms with E-state index in [-0.39, 0.29) is 11.9 Å². The second-order valence-electron chi connectivity index (χ2n) is 8.82. The Balaban J connectivity index is 1.59. The second kappa shape index (κ2) is 8.71. The summed E-state index contributed by atoms with van der Waals surface area (Å²) in [4.78, 5) is 16.0. The molecule has 6 nitrogen and oxygen atoms in total. The van der Waals surface area contributed by atoms with Crippen molar-refractivity contribution in [3.8, 4) is 5.75 Å². The van der Waals surface area contributed by atoms with Gasteiger partial charge in [-0.25, -0.2) is 0 Å². The van der Waals surface area contributed by atoms with Crippen LogP contribution < -0.4 is 15.8 Å². The van der Waals surface area contributed by atoms with Gasteiger partial charge in [0.2, 0.25) is 5.91 Å². The highest BCUT2D eigenvalue weighted by Gasteiger charge is 2.52. The number of likely N-dealkylation sites (tertiary alicyclic amines) is 1. The number of carbonyl (C=O) groups is 1. The van der Waals surface area contributed by atoms with Gasteiger partial charge in [-0.2, -0.15) is 0 Å². The van der Waals surface area contributed by atoms with Crippen molar-refractivity contribution in [3.05, 3.63) is 59.2 Å². The zero-order valence-corrected chi connectivity index (χ0v) is 18.4. The number of hydrogen-bond acceptors (Lipinski definition) is 5. The highest BCUT2D eigenvalue weighted by Crippen LogP contribution is 2.49. The first-order chi connectivity index (χ1) is 14.9. The topological polar surface area (TPSA) is 91.4 Å². The first-order valence-corrected chi connectivity index (χ1v) is 11.1. The third-order valence-electron chi connectivity index (χ3n) is 6.64. The predicted molar refractivity (Wildman–Crippen MR) is 124 cm³/mol. The number of hydrogen-bond donors (Lipinski definition) is 3. The molecule has 2 aliphatic rings. The van der Waals surface area contributed by atoms with Crippen LogP contribution in [0.15, 0.2) is 42.5 Å². The highest BCUT2D eigenvalue weighted by atomic mass is 16.5. The van der Waals surface area contributed by atoms with E-state index in [0.29, 0.717) is 17.0 Å². The molecule has 1 saturated heterocycles. The van der Waals surface area contributed by atoms with Crippen LogP contribution in [0.3, 0.4) is 0 Å². The van der Waals surface area contributed by atoms with E-state index in [1.54, 1.807) is 14.0 Å². The Bertz CT molecular complexity index is 977. The Morgan fingerprint density at radius 3 is 2.61 bits per heavy atom. The van der Waals surface area contributed by atoms with Crippen LogP contribution in [0.1, 0.15) is 55.3 Å². The molecule has 0 unspecified atom stereocenters. The van der Waals surface area contributed by atoms with Crippen molar-refractivity contribution in [3.63, 3.8) is 0 Å². The van der Waals surface area contributed by atoms with Crippen molar-refractivity contribution < 1.29 is 9.53 Å². The molecule has 0 radical (unpaired) electrons. The van der Waals surface area contributed by atoms with Crippen molar-refractivity contribution in [2.45, 2.75) is 44.1 Å². The van der Waals surface area contributed by atoms with Crippen molar-refractivity contribution in [2.24, 2.45) is 0 Å². The van der Waals surface area contributed by atoms with Gasteiger partial charge in [-0.3, -0.25) is 4.79 Å². The van der Waals surface area contributed by atoms with Crippen LogP contribution in [0.4, 0.5) is 5.69 Å². The number of ether oxygens (including phenoxy) is 1. The van der Waals surface area contributed by atoms with E-state index in [9.17, 15) is 4.79 Å². The van der Waals surface area contributed by atoms with Crippen molar-refractivity contribution in [1.82, 2.24) is 10.2 Å². The van der Waals surface area contributed by atoms with E-state index < -0.39 is 5.41 Å². The molecule has 1 heterocycles. The summed E-state index contributed by atoms with van der Waals surface area (Å²) in [7, 11) is 1.66. The van der Waals surface area contributed by atoms with Gasteiger partial charge in [-0.15, -0.1) is 0 Å². The predicted octanol–water partition coefficient (Wildman–Crippen LogP) is 3.65. The Kier molecular flexibility index (Phi) is 6.01. The van der Waals surface area contributed by atoms with Gasteiger partial charge < -0.3 is 26.1 Å². The van der Waals surface area contributed by atoms with Crippen molar-refractivity contribution in [2.75, 3.05) is 32.5 Å². The molecule has 1 amide bonds. The van der Waals surface area contributed by atoms with Crippen LogP contribution in [-0.2, 0) is 10.2 Å². The number of carbonyl (C=O) groups excluding carboxylic acids is 1. The molecule has 4 N–H and O–H groups in total. The van der Waals surface area contributed by atoms with Crippen LogP contribution in [0.25, 0.3) is 0 Å². The number of nitrogen functional groups attached to an aromatic ring is 1. The molecule has 164 valence electrons. The average Bonchev–Trinajstić information content (AvgIpc) is 3.43. The zero-order chi connectivity index (χ0) is 22.0. The fourth-order valence-electron chi connectivity index (χ4n) is 4.56. The third kappa shape index (κ3) is 4.44. The smallest absolute Gasteiger partial charge is 0.231 e. The van der Waals surface area contributed by atoms with Crippen LogP contribution in [0.2, 0.25) is 0 Å². The summed E-state index contributed by atoms with van der Waals surface area (Å²) in [5.74, 6) is 0.849. The summed E-state index contributed by atoms with van der Waals surface area (Å²) in [6.07, 6.45) is 4.04. The summed E-state index contributed by atoms with van der Waals surface area (Å²) >= 11 is 0. The Morgan fingerprint density at radius 2 is 1.97 bits per heavy atom. The van der Waals surface area contributed by atoms with Crippen LogP contribution in [0, 0.1) is 5.41 Å². The van der Waals surface area contributed by atoms with E-state index in [1.165, 1.54) is 12.8 Å². The molecule has 1 atom stereocenters. The SMILES string of the molecule is COc1cccc([C@@H](CN2CCCC2)NC(=O)C2(c3ccc(N)c(C(C)=N)c3)CC2)c1. The monoisotopic (exact) mass is 420 g/mol. The van der Waals surface area contributed by atoms with Gasteiger partial charge in [0, 0.05) is 23.5 Å². The van der Waals surface area contributed by atoms with E-state index in [1.807, 2.05) is 36.4 Å². The van der Waals surface area contributed by atoms with Crippen molar-refractivity contribution in [1.29, 1.82) is 5.41 Å². The maximum atomic E-state index is 13.6. The van der Waals surface area contributed by atoms with Gasteiger partial charge in [-0.1, -0.05) is 18.2 Å². The van der Waals surface area contributed by atoms with Crippen molar-refractivity contribution >= 4 is 17.3 Å². The minimum Gasteiger partial charge on any atom is -0.497 e. The molecule has 1 aliphatic carbocycles. The van der Waals surface area contributed by atoms with Crippen LogP contribution in [-0.4, -0.2) is 43.3 Å². The first kappa shape index (κ1) is 21.4. The molecule has 2 aromatic rings. The number of benzene rings is 2. The lowest BCUT2D eigenvalue weighted by atomic mass is 9.91. The number of anilines is 1. The molecule has 2 aromatic carbocycles. The number of nitrogens with one attached hydrogen (secondary N) is 2. The molecule has 1 aliphatic heterocycles. The lowest BCUT2D eigenvalue weighted by Crippen LogP contribution is -2.42. The quantitative estimate of drug-likeness (QED) is 0.449. The van der Waals surface area contributed by atoms with Crippen LogP contribution >= 0.6 is 0 Å². The molecular weight excluding hydrogens is 388 g/mol. The largest absolute Gasteiger partial charge is 0.497 e. The van der Waals surface area contributed by atoms with Gasteiger partial charge in [0.1, 0.15) is 5.75 Å². The number of nitrogens with two attached hydrogens (primary N) is 1. The van der Waals surface area contributed by atoms with Gasteiger partial charge in [0.15, 0.2) is 0 Å². The number of nitrogens with zero attached hydrogens (tertiary/aromatic N) is 1. The van der Waals surface area contributed by atoms with E-state index >= 15 is 0 Å². The Hall–Kier alpha value is -2.86. The number of amides is 1. The Morgan fingerprint density at radius 1 is 1.23 bits per heavy atom. The number of methoxy groups -OCH3 is 1. The second-order valence-corrected chi connectivity index (χ2v) is 8.82. The molecule has 4 rings (SSSR count). The minimum absolute atomic E-state index is 0.0536. The summed E-state index contributed by atoms with van der Waals surface area (Å²) in [5.41, 5.74) is 9.23. The van der Waals surface area contributed by atoms with E-state index in [0.717, 1.165) is 49.4 Å². The lowest BCUT2D eigenvalue weighted by molar-refractivity contribution is -0.124. The molecule has 0 bridgehead atoms. The molecule has 2 fully saturated rings. The van der Waals surface area contributed by atoms with Gasteiger partial charge >= 0.3 is 0 Å². The maximum Gasteiger partial charge on any atom is 0.231 e.